The summed E-state index contributed by atoms with van der Waals surface area (Å²) in [4.78, 5) is 35.7. The van der Waals surface area contributed by atoms with Crippen LogP contribution >= 0.6 is 0 Å². The Morgan fingerprint density at radius 3 is 1.61 bits per heavy atom. The Kier molecular flexibility index (Phi) is 8.90. The lowest BCUT2D eigenvalue weighted by Gasteiger charge is -2.46. The standard InChI is InChI=1S/C26H32O6Si/c1-7-23(30-19(2)28)25(24(18-27)31-20(3)29)32-33(26(4,5)6,21-14-10-8-11-15-21)22-16-12-9-13-17-22/h7-18,23-25H,1H2,2-6H3/t23-,24+,25+/m1/s1. The molecule has 6 nitrogen and oxygen atoms in total. The number of aldehydes is 1. The molecule has 3 atom stereocenters. The van der Waals surface area contributed by atoms with E-state index in [0.29, 0.717) is 6.29 Å². The Morgan fingerprint density at radius 2 is 1.27 bits per heavy atom. The summed E-state index contributed by atoms with van der Waals surface area (Å²) in [5.74, 6) is -1.21. The van der Waals surface area contributed by atoms with E-state index in [1.165, 1.54) is 19.9 Å². The maximum Gasteiger partial charge on any atom is 0.303 e. The quantitative estimate of drug-likeness (QED) is 0.231. The van der Waals surface area contributed by atoms with E-state index >= 15 is 0 Å². The van der Waals surface area contributed by atoms with Crippen LogP contribution in [-0.4, -0.2) is 44.9 Å². The number of hydrogen-bond donors (Lipinski definition) is 0. The van der Waals surface area contributed by atoms with E-state index in [2.05, 4.69) is 27.4 Å². The first-order chi connectivity index (χ1) is 15.6. The molecular formula is C26H32O6Si. The molecule has 0 aromatic heterocycles. The normalized spacial score (nSPS) is 14.5. The molecule has 176 valence electrons. The zero-order chi connectivity index (χ0) is 24.6. The molecule has 0 amide bonds. The highest BCUT2D eigenvalue weighted by atomic mass is 28.4. The van der Waals surface area contributed by atoms with Crippen molar-refractivity contribution in [1.29, 1.82) is 0 Å². The summed E-state index contributed by atoms with van der Waals surface area (Å²) < 4.78 is 17.7. The van der Waals surface area contributed by atoms with Crippen LogP contribution in [0.1, 0.15) is 34.6 Å². The van der Waals surface area contributed by atoms with Gasteiger partial charge in [-0.15, -0.1) is 0 Å². The molecule has 2 aromatic rings. The van der Waals surface area contributed by atoms with Gasteiger partial charge in [-0.2, -0.15) is 0 Å². The van der Waals surface area contributed by atoms with Crippen LogP contribution in [0.5, 0.6) is 0 Å². The second-order valence-corrected chi connectivity index (χ2v) is 13.0. The van der Waals surface area contributed by atoms with E-state index in [1.54, 1.807) is 0 Å². The fourth-order valence-corrected chi connectivity index (χ4v) is 8.71. The maximum atomic E-state index is 12.1. The molecule has 0 spiro atoms. The first-order valence-electron chi connectivity index (χ1n) is 10.8. The number of carbonyl (C=O) groups excluding carboxylic acids is 3. The summed E-state index contributed by atoms with van der Waals surface area (Å²) in [5, 5.41) is 1.51. The van der Waals surface area contributed by atoms with Gasteiger partial charge >= 0.3 is 11.9 Å². The number of esters is 2. The van der Waals surface area contributed by atoms with Crippen LogP contribution in [-0.2, 0) is 28.3 Å². The molecule has 0 saturated carbocycles. The molecule has 0 unspecified atom stereocenters. The van der Waals surface area contributed by atoms with E-state index in [0.717, 1.165) is 10.4 Å². The Balaban J connectivity index is 2.81. The van der Waals surface area contributed by atoms with Gasteiger partial charge < -0.3 is 13.9 Å². The van der Waals surface area contributed by atoms with E-state index in [9.17, 15) is 14.4 Å². The van der Waals surface area contributed by atoms with E-state index in [-0.39, 0.29) is 0 Å². The third-order valence-electron chi connectivity index (χ3n) is 5.35. The van der Waals surface area contributed by atoms with Gasteiger partial charge in [0.25, 0.3) is 8.32 Å². The van der Waals surface area contributed by atoms with Gasteiger partial charge in [0.2, 0.25) is 0 Å². The van der Waals surface area contributed by atoms with E-state index in [1.807, 2.05) is 60.7 Å². The smallest absolute Gasteiger partial charge is 0.303 e. The van der Waals surface area contributed by atoms with Crippen LogP contribution in [0, 0.1) is 0 Å². The van der Waals surface area contributed by atoms with Crippen molar-refractivity contribution in [2.75, 3.05) is 0 Å². The highest BCUT2D eigenvalue weighted by Crippen LogP contribution is 2.38. The third-order valence-corrected chi connectivity index (χ3v) is 10.4. The molecule has 0 aliphatic carbocycles. The summed E-state index contributed by atoms with van der Waals surface area (Å²) in [5.41, 5.74) is 0. The largest absolute Gasteiger partial charge is 0.455 e. The fraction of sp³-hybridized carbons (Fsp3) is 0.346. The zero-order valence-electron chi connectivity index (χ0n) is 19.8. The van der Waals surface area contributed by atoms with Crippen molar-refractivity contribution in [1.82, 2.24) is 0 Å². The molecule has 7 heteroatoms. The molecule has 0 aliphatic rings. The highest BCUT2D eigenvalue weighted by Gasteiger charge is 2.53. The van der Waals surface area contributed by atoms with Gasteiger partial charge in [0.1, 0.15) is 12.2 Å². The van der Waals surface area contributed by atoms with Crippen LogP contribution < -0.4 is 10.4 Å². The summed E-state index contributed by atoms with van der Waals surface area (Å²) in [6, 6.07) is 19.6. The van der Waals surface area contributed by atoms with Crippen molar-refractivity contribution in [3.05, 3.63) is 73.3 Å². The first kappa shape index (κ1) is 26.2. The molecule has 0 radical (unpaired) electrons. The molecule has 33 heavy (non-hydrogen) atoms. The number of carbonyl (C=O) groups is 3. The molecule has 0 saturated heterocycles. The van der Waals surface area contributed by atoms with Gasteiger partial charge in [-0.1, -0.05) is 88.0 Å². The lowest BCUT2D eigenvalue weighted by Crippen LogP contribution is -2.69. The maximum absolute atomic E-state index is 12.1. The fourth-order valence-electron chi connectivity index (χ4n) is 4.02. The van der Waals surface area contributed by atoms with Crippen molar-refractivity contribution in [2.45, 2.75) is 58.0 Å². The highest BCUT2D eigenvalue weighted by molar-refractivity contribution is 6.99. The predicted octanol–water partition coefficient (Wildman–Crippen LogP) is 3.18. The summed E-state index contributed by atoms with van der Waals surface area (Å²) >= 11 is 0. The molecule has 2 rings (SSSR count). The second kappa shape index (κ2) is 11.2. The van der Waals surface area contributed by atoms with Crippen molar-refractivity contribution in [3.63, 3.8) is 0 Å². The number of hydrogen-bond acceptors (Lipinski definition) is 6. The minimum Gasteiger partial charge on any atom is -0.455 e. The molecule has 0 bridgehead atoms. The van der Waals surface area contributed by atoms with Gasteiger partial charge in [-0.05, 0) is 21.5 Å². The number of rotatable bonds is 10. The van der Waals surface area contributed by atoms with Crippen LogP contribution in [0.25, 0.3) is 0 Å². The van der Waals surface area contributed by atoms with Crippen LogP contribution in [0.3, 0.4) is 0 Å². The third kappa shape index (κ3) is 6.06. The monoisotopic (exact) mass is 468 g/mol. The van der Waals surface area contributed by atoms with Crippen LogP contribution in [0.4, 0.5) is 0 Å². The van der Waals surface area contributed by atoms with Gasteiger partial charge in [0.15, 0.2) is 12.4 Å². The lowest BCUT2D eigenvalue weighted by atomic mass is 10.1. The summed E-state index contributed by atoms with van der Waals surface area (Å²) in [6.45, 7) is 12.5. The molecule has 0 heterocycles. The number of ether oxygens (including phenoxy) is 2. The average Bonchev–Trinajstić information content (AvgIpc) is 2.77. The second-order valence-electron chi connectivity index (χ2n) is 8.77. The van der Waals surface area contributed by atoms with Gasteiger partial charge in [0.05, 0.1) is 0 Å². The van der Waals surface area contributed by atoms with E-state index < -0.39 is 43.6 Å². The average molecular weight is 469 g/mol. The summed E-state index contributed by atoms with van der Waals surface area (Å²) in [6.07, 6.45) is -1.52. The Labute approximate surface area is 196 Å². The molecule has 0 aliphatic heterocycles. The SMILES string of the molecule is C=C[C@@H](OC(C)=O)[C@H](O[Si](c1ccccc1)(c1ccccc1)C(C)(C)C)[C@H](C=O)OC(C)=O. The summed E-state index contributed by atoms with van der Waals surface area (Å²) in [7, 11) is -3.16. The molecule has 0 fully saturated rings. The molecule has 2 aromatic carbocycles. The van der Waals surface area contributed by atoms with Crippen LogP contribution in [0.15, 0.2) is 73.3 Å². The number of benzene rings is 2. The van der Waals surface area contributed by atoms with Gasteiger partial charge in [-0.25, -0.2) is 0 Å². The van der Waals surface area contributed by atoms with Crippen molar-refractivity contribution >= 4 is 36.9 Å². The minimum absolute atomic E-state index is 0.417. The minimum atomic E-state index is -3.16. The van der Waals surface area contributed by atoms with Crippen molar-refractivity contribution in [3.8, 4) is 0 Å². The van der Waals surface area contributed by atoms with Crippen molar-refractivity contribution in [2.24, 2.45) is 0 Å². The van der Waals surface area contributed by atoms with Gasteiger partial charge in [-0.3, -0.25) is 14.4 Å². The van der Waals surface area contributed by atoms with Gasteiger partial charge in [0, 0.05) is 13.8 Å². The Bertz CT molecular complexity index is 884. The van der Waals surface area contributed by atoms with Crippen LogP contribution in [0.2, 0.25) is 5.04 Å². The first-order valence-corrected chi connectivity index (χ1v) is 12.7. The lowest BCUT2D eigenvalue weighted by molar-refractivity contribution is -0.163. The topological polar surface area (TPSA) is 78.9 Å². The van der Waals surface area contributed by atoms with Crippen molar-refractivity contribution < 1.29 is 28.3 Å². The molecule has 0 N–H and O–H groups in total. The van der Waals surface area contributed by atoms with E-state index in [4.69, 9.17) is 13.9 Å². The zero-order valence-corrected chi connectivity index (χ0v) is 20.8. The predicted molar refractivity (Wildman–Crippen MR) is 130 cm³/mol. The Morgan fingerprint density at radius 1 is 0.848 bits per heavy atom. The molecular weight excluding hydrogens is 436 g/mol. The Hall–Kier alpha value is -3.03.